The maximum absolute atomic E-state index is 12.2. The molecule has 1 amide bonds. The fourth-order valence-corrected chi connectivity index (χ4v) is 3.36. The zero-order chi connectivity index (χ0) is 20.3. The average Bonchev–Trinajstić information content (AvgIpc) is 3.01. The molecule has 1 aliphatic heterocycles. The highest BCUT2D eigenvalue weighted by molar-refractivity contribution is 7.71. The zero-order valence-corrected chi connectivity index (χ0v) is 17.7. The van der Waals surface area contributed by atoms with Crippen LogP contribution in [0.5, 0.6) is 5.75 Å². The Labute approximate surface area is 171 Å². The largest absolute Gasteiger partial charge is 0.497 e. The molecule has 2 aromatic rings. The smallest absolute Gasteiger partial charge is 0.410 e. The molecule has 1 fully saturated rings. The average molecular weight is 405 g/mol. The Hall–Kier alpha value is -2.32. The lowest BCUT2D eigenvalue weighted by atomic mass is 10.2. The van der Waals surface area contributed by atoms with Gasteiger partial charge in [-0.25, -0.2) is 4.79 Å². The predicted molar refractivity (Wildman–Crippen MR) is 111 cm³/mol. The number of hydrogen-bond donors (Lipinski definition) is 0. The van der Waals surface area contributed by atoms with Crippen LogP contribution in [-0.2, 0) is 11.4 Å². The van der Waals surface area contributed by atoms with E-state index in [1.165, 1.54) is 0 Å². The minimum Gasteiger partial charge on any atom is -0.497 e. The van der Waals surface area contributed by atoms with Crippen molar-refractivity contribution in [3.05, 3.63) is 41.4 Å². The molecule has 1 aromatic carbocycles. The van der Waals surface area contributed by atoms with E-state index in [-0.39, 0.29) is 6.09 Å². The second-order valence-electron chi connectivity index (χ2n) is 7.85. The molecule has 0 aliphatic carbocycles. The van der Waals surface area contributed by atoms with Gasteiger partial charge in [0.05, 0.1) is 13.8 Å². The molecule has 8 heteroatoms. The van der Waals surface area contributed by atoms with Crippen LogP contribution in [0.4, 0.5) is 4.79 Å². The molecule has 3 rings (SSSR count). The van der Waals surface area contributed by atoms with Crippen molar-refractivity contribution in [3.8, 4) is 11.4 Å². The van der Waals surface area contributed by atoms with Crippen LogP contribution in [0.3, 0.4) is 0 Å². The number of benzene rings is 1. The number of piperazine rings is 1. The monoisotopic (exact) mass is 404 g/mol. The molecule has 1 saturated heterocycles. The molecule has 0 N–H and O–H groups in total. The normalized spacial score (nSPS) is 15.5. The van der Waals surface area contributed by atoms with Crippen molar-refractivity contribution in [2.45, 2.75) is 33.0 Å². The molecular weight excluding hydrogens is 376 g/mol. The molecule has 0 unspecified atom stereocenters. The summed E-state index contributed by atoms with van der Waals surface area (Å²) in [6, 6.07) is 7.81. The number of rotatable bonds is 4. The summed E-state index contributed by atoms with van der Waals surface area (Å²) in [4.78, 5) is 16.2. The Morgan fingerprint density at radius 2 is 1.71 bits per heavy atom. The first-order valence-corrected chi connectivity index (χ1v) is 9.80. The molecule has 152 valence electrons. The maximum Gasteiger partial charge on any atom is 0.410 e. The number of imidazole rings is 1. The van der Waals surface area contributed by atoms with Gasteiger partial charge in [-0.1, -0.05) is 0 Å². The molecule has 0 saturated carbocycles. The predicted octanol–water partition coefficient (Wildman–Crippen LogP) is 3.53. The van der Waals surface area contributed by atoms with Gasteiger partial charge in [0.1, 0.15) is 11.4 Å². The molecule has 1 aliphatic rings. The molecule has 0 atom stereocenters. The summed E-state index contributed by atoms with van der Waals surface area (Å²) < 4.78 is 15.4. The fraction of sp³-hybridized carbons (Fsp3) is 0.500. The van der Waals surface area contributed by atoms with Crippen molar-refractivity contribution in [2.24, 2.45) is 0 Å². The van der Waals surface area contributed by atoms with E-state index in [1.807, 2.05) is 66.6 Å². The van der Waals surface area contributed by atoms with Gasteiger partial charge in [0, 0.05) is 44.3 Å². The highest BCUT2D eigenvalue weighted by Gasteiger charge is 2.25. The van der Waals surface area contributed by atoms with Gasteiger partial charge >= 0.3 is 6.09 Å². The third-order valence-corrected chi connectivity index (χ3v) is 5.01. The second-order valence-corrected chi connectivity index (χ2v) is 8.21. The third kappa shape index (κ3) is 4.94. The van der Waals surface area contributed by atoms with Crippen molar-refractivity contribution in [1.29, 1.82) is 0 Å². The van der Waals surface area contributed by atoms with E-state index in [4.69, 9.17) is 21.7 Å². The topological polar surface area (TPSA) is 51.9 Å². The van der Waals surface area contributed by atoms with Crippen molar-refractivity contribution < 1.29 is 14.3 Å². The summed E-state index contributed by atoms with van der Waals surface area (Å²) in [6.45, 7) is 9.24. The number of aromatic nitrogens is 2. The van der Waals surface area contributed by atoms with Crippen LogP contribution in [0.2, 0.25) is 0 Å². The number of methoxy groups -OCH3 is 1. The first kappa shape index (κ1) is 20.4. The van der Waals surface area contributed by atoms with Gasteiger partial charge in [-0.15, -0.1) is 0 Å². The fourth-order valence-electron chi connectivity index (χ4n) is 3.07. The van der Waals surface area contributed by atoms with Crippen LogP contribution in [-0.4, -0.2) is 63.9 Å². The first-order chi connectivity index (χ1) is 13.3. The number of nitrogens with zero attached hydrogens (tertiary/aromatic N) is 4. The van der Waals surface area contributed by atoms with E-state index < -0.39 is 5.60 Å². The SMILES string of the molecule is COc1ccc(-n2ccn(CN3CCN(C(=O)OC(C)(C)C)CC3)c2=S)cc1. The summed E-state index contributed by atoms with van der Waals surface area (Å²) in [7, 11) is 1.65. The van der Waals surface area contributed by atoms with Gasteiger partial charge in [-0.3, -0.25) is 9.47 Å². The highest BCUT2D eigenvalue weighted by atomic mass is 32.1. The van der Waals surface area contributed by atoms with Crippen molar-refractivity contribution in [2.75, 3.05) is 33.3 Å². The van der Waals surface area contributed by atoms with E-state index in [2.05, 4.69) is 4.90 Å². The van der Waals surface area contributed by atoms with Gasteiger partial charge in [-0.05, 0) is 57.3 Å². The van der Waals surface area contributed by atoms with E-state index >= 15 is 0 Å². The summed E-state index contributed by atoms with van der Waals surface area (Å²) in [6.07, 6.45) is 3.72. The first-order valence-electron chi connectivity index (χ1n) is 9.39. The third-order valence-electron chi connectivity index (χ3n) is 4.57. The number of hydrogen-bond acceptors (Lipinski definition) is 5. The van der Waals surface area contributed by atoms with Crippen LogP contribution in [0, 0.1) is 4.77 Å². The summed E-state index contributed by atoms with van der Waals surface area (Å²) in [5.41, 5.74) is 0.533. The van der Waals surface area contributed by atoms with E-state index in [0.29, 0.717) is 19.8 Å². The van der Waals surface area contributed by atoms with Crippen LogP contribution in [0.25, 0.3) is 5.69 Å². The van der Waals surface area contributed by atoms with E-state index in [9.17, 15) is 4.79 Å². The lowest BCUT2D eigenvalue weighted by Crippen LogP contribution is -2.50. The Bertz CT molecular complexity index is 859. The van der Waals surface area contributed by atoms with Gasteiger partial charge in [-0.2, -0.15) is 0 Å². The number of ether oxygens (including phenoxy) is 2. The Morgan fingerprint density at radius 3 is 2.29 bits per heavy atom. The zero-order valence-electron chi connectivity index (χ0n) is 16.9. The molecule has 1 aromatic heterocycles. The summed E-state index contributed by atoms with van der Waals surface area (Å²) in [5.74, 6) is 0.817. The molecule has 28 heavy (non-hydrogen) atoms. The standard InChI is InChI=1S/C20H28N4O3S/c1-20(2,3)27-19(25)22-11-9-21(10-12-22)15-23-13-14-24(18(23)28)16-5-7-17(26-4)8-6-16/h5-8,13-14H,9-12,15H2,1-4H3. The van der Waals surface area contributed by atoms with Crippen LogP contribution in [0.1, 0.15) is 20.8 Å². The Balaban J connectivity index is 1.59. The van der Waals surface area contributed by atoms with Crippen LogP contribution >= 0.6 is 12.2 Å². The lowest BCUT2D eigenvalue weighted by Gasteiger charge is -2.35. The van der Waals surface area contributed by atoms with Gasteiger partial charge in [0.2, 0.25) is 0 Å². The Morgan fingerprint density at radius 1 is 1.07 bits per heavy atom. The Kier molecular flexibility index (Phi) is 6.10. The highest BCUT2D eigenvalue weighted by Crippen LogP contribution is 2.17. The maximum atomic E-state index is 12.2. The molecule has 2 heterocycles. The summed E-state index contributed by atoms with van der Waals surface area (Å²) in [5, 5.41) is 0. The van der Waals surface area contributed by atoms with Gasteiger partial charge in [0.25, 0.3) is 0 Å². The molecule has 0 radical (unpaired) electrons. The second kappa shape index (κ2) is 8.36. The minimum absolute atomic E-state index is 0.241. The van der Waals surface area contributed by atoms with Crippen molar-refractivity contribution in [3.63, 3.8) is 0 Å². The number of carbonyl (C=O) groups excluding carboxylic acids is 1. The van der Waals surface area contributed by atoms with Crippen LogP contribution in [0.15, 0.2) is 36.7 Å². The summed E-state index contributed by atoms with van der Waals surface area (Å²) >= 11 is 5.64. The van der Waals surface area contributed by atoms with Gasteiger partial charge in [0.15, 0.2) is 4.77 Å². The van der Waals surface area contributed by atoms with Crippen molar-refractivity contribution >= 4 is 18.3 Å². The lowest BCUT2D eigenvalue weighted by molar-refractivity contribution is 0.0118. The van der Waals surface area contributed by atoms with Gasteiger partial charge < -0.3 is 18.9 Å². The number of amides is 1. The van der Waals surface area contributed by atoms with E-state index in [0.717, 1.165) is 29.3 Å². The number of carbonyl (C=O) groups is 1. The molecule has 0 bridgehead atoms. The molecule has 0 spiro atoms. The van der Waals surface area contributed by atoms with Crippen molar-refractivity contribution in [1.82, 2.24) is 18.9 Å². The van der Waals surface area contributed by atoms with Crippen LogP contribution < -0.4 is 4.74 Å². The molecule has 7 nitrogen and oxygen atoms in total. The minimum atomic E-state index is -0.467. The quantitative estimate of drug-likeness (QED) is 0.730. The van der Waals surface area contributed by atoms with E-state index in [1.54, 1.807) is 12.0 Å². The molecular formula is C20H28N4O3S.